The second kappa shape index (κ2) is 30.6. The number of carbonyl (C=O) groups excluding carboxylic acids is 5. The van der Waals surface area contributed by atoms with Gasteiger partial charge in [0.05, 0.1) is 14.2 Å². The molecule has 588 valence electrons. The van der Waals surface area contributed by atoms with Gasteiger partial charge in [0.15, 0.2) is 0 Å². The molecule has 5 aliphatic carbocycles. The second-order valence-electron chi connectivity index (χ2n) is 35.1. The van der Waals surface area contributed by atoms with Crippen LogP contribution < -0.4 is 15.0 Å². The van der Waals surface area contributed by atoms with Crippen molar-refractivity contribution < 1.29 is 33.4 Å². The SMILES string of the molecule is CC12CCN(C(=O)c3ccccc3)C(Cc3c1[nH][nH]c3=O)C2.CC12CCN(C(=O)c3ccccc3)C(Cc3c1[nH]c1ccccc31)C2.CC12CCN(C(=O)c3ccccc3)C(Cc3cccnc31)C2.COc1ccc2c(c1)[C@@]1(C)C[C@@H](C2)N(C(=O)c2ccccc2)C1.COc1ccc2c(c1)[C@]1(C)C[C@H](C2)N(C(=O)c2ccccc2)C1. The van der Waals surface area contributed by atoms with Crippen LogP contribution in [0.3, 0.4) is 0 Å². The number of aromatic amines is 3. The number of fused-ring (bicyclic) bond motifs is 22. The molecule has 6 unspecified atom stereocenters. The van der Waals surface area contributed by atoms with Crippen molar-refractivity contribution in [2.24, 2.45) is 0 Å². The molecule has 8 aromatic carbocycles. The van der Waals surface area contributed by atoms with Crippen molar-refractivity contribution in [1.29, 1.82) is 0 Å². The van der Waals surface area contributed by atoms with Crippen molar-refractivity contribution in [2.75, 3.05) is 46.9 Å². The lowest BCUT2D eigenvalue weighted by Crippen LogP contribution is -2.54. The number of ether oxygens (including phenoxy) is 2. The van der Waals surface area contributed by atoms with Crippen molar-refractivity contribution >= 4 is 40.4 Å². The summed E-state index contributed by atoms with van der Waals surface area (Å²) in [5.74, 6) is 2.52. The third-order valence-electron chi connectivity index (χ3n) is 27.3. The average Bonchev–Trinajstić information content (AvgIpc) is 1.71. The summed E-state index contributed by atoms with van der Waals surface area (Å²) in [4.78, 5) is 95.0. The summed E-state index contributed by atoms with van der Waals surface area (Å²) < 4.78 is 10.8. The molecule has 10 aliphatic rings. The Morgan fingerprint density at radius 3 is 1.19 bits per heavy atom. The van der Waals surface area contributed by atoms with E-state index in [4.69, 9.17) is 9.47 Å². The maximum atomic E-state index is 13.0. The van der Waals surface area contributed by atoms with Gasteiger partial charge in [0.2, 0.25) is 0 Å². The Morgan fingerprint density at radius 2 is 0.739 bits per heavy atom. The first-order valence-electron chi connectivity index (χ1n) is 41.1. The van der Waals surface area contributed by atoms with Crippen LogP contribution in [0.1, 0.15) is 194 Å². The predicted molar refractivity (Wildman–Crippen MR) is 448 cm³/mol. The van der Waals surface area contributed by atoms with E-state index >= 15 is 0 Å². The highest BCUT2D eigenvalue weighted by molar-refractivity contribution is 5.97. The van der Waals surface area contributed by atoms with Crippen molar-refractivity contribution in [3.8, 4) is 11.5 Å². The molecule has 8 heterocycles. The Bertz CT molecular complexity index is 5410. The van der Waals surface area contributed by atoms with E-state index in [9.17, 15) is 28.8 Å². The molecule has 17 nitrogen and oxygen atoms in total. The highest BCUT2D eigenvalue weighted by atomic mass is 16.5. The largest absolute Gasteiger partial charge is 0.497 e. The molecule has 17 heteroatoms. The molecular formula is C98H103N9O8. The predicted octanol–water partition coefficient (Wildman–Crippen LogP) is 16.2. The molecule has 5 aliphatic heterocycles. The molecule has 115 heavy (non-hydrogen) atoms. The smallest absolute Gasteiger partial charge is 0.267 e. The van der Waals surface area contributed by atoms with Crippen LogP contribution in [0.25, 0.3) is 10.9 Å². The third-order valence-corrected chi connectivity index (χ3v) is 27.3. The molecule has 10 bridgehead atoms. The summed E-state index contributed by atoms with van der Waals surface area (Å²) in [5, 5.41) is 7.09. The molecule has 0 saturated carbocycles. The minimum absolute atomic E-state index is 0.0250. The lowest BCUT2D eigenvalue weighted by atomic mass is 9.67. The van der Waals surface area contributed by atoms with Gasteiger partial charge in [-0.15, -0.1) is 0 Å². The van der Waals surface area contributed by atoms with Crippen LogP contribution >= 0.6 is 0 Å². The number of pyridine rings is 1. The maximum absolute atomic E-state index is 13.0. The Kier molecular flexibility index (Phi) is 20.3. The quantitative estimate of drug-likeness (QED) is 0.139. The Labute approximate surface area is 673 Å². The zero-order valence-electron chi connectivity index (χ0n) is 67.0. The van der Waals surface area contributed by atoms with Crippen LogP contribution in [-0.4, -0.2) is 151 Å². The van der Waals surface area contributed by atoms with Gasteiger partial charge in [-0.2, -0.15) is 0 Å². The monoisotopic (exact) mass is 1530 g/mol. The van der Waals surface area contributed by atoms with Gasteiger partial charge in [-0.05, 0) is 207 Å². The molecule has 3 aromatic heterocycles. The topological polar surface area (TPSA) is 197 Å². The summed E-state index contributed by atoms with van der Waals surface area (Å²) >= 11 is 0. The van der Waals surface area contributed by atoms with E-state index in [-0.39, 0.29) is 74.3 Å². The first-order chi connectivity index (χ1) is 55.6. The summed E-state index contributed by atoms with van der Waals surface area (Å²) in [5.41, 5.74) is 18.0. The summed E-state index contributed by atoms with van der Waals surface area (Å²) in [6.07, 6.45) is 14.2. The number of hydrogen-bond acceptors (Lipinski definition) is 9. The van der Waals surface area contributed by atoms with Crippen molar-refractivity contribution in [3.63, 3.8) is 0 Å². The molecule has 0 radical (unpaired) electrons. The standard InChI is InChI=1S/C22H22N2O.2C20H21NO2.C19H20N2O.C17H19N3O2/c1-22-11-12-24(21(25)15-7-3-2-4-8-15)16(14-22)13-18-17-9-5-6-10-19(17)23-20(18)22;2*1-20-12-16(10-15-8-9-17(23-2)11-18(15)20)21(13-20)19(22)14-6-4-3-5-7-14;1-19-9-11-21(18(22)14-6-3-2-4-7-14)16(13-19)12-15-8-5-10-20-17(15)19;1-17-7-8-20(16(22)11-5-3-2-4-6-11)12(10-17)9-13-14(17)18-19-15(13)21/h2-10,16,23H,11-14H2,1H3;2*3-9,11,16H,10,12-13H2,1-2H3;2-8,10,16H,9,11-13H2,1H3;2-6,12H,7-10H2,1H3,(H2,18,19,21)/t;2*16-,20+;;/m.10../s1. The second-order valence-corrected chi connectivity index (χ2v) is 35.1. The van der Waals surface area contributed by atoms with Crippen LogP contribution in [0.4, 0.5) is 0 Å². The van der Waals surface area contributed by atoms with Gasteiger partial charge in [-0.25, -0.2) is 0 Å². The molecule has 5 fully saturated rings. The number of likely N-dealkylation sites (tertiary alicyclic amines) is 5. The Hall–Kier alpha value is -11.6. The van der Waals surface area contributed by atoms with Gasteiger partial charge < -0.3 is 44.1 Å². The van der Waals surface area contributed by atoms with E-state index in [1.165, 1.54) is 55.7 Å². The number of nitrogens with one attached hydrogen (secondary N) is 3. The molecule has 3 N–H and O–H groups in total. The fourth-order valence-corrected chi connectivity index (χ4v) is 21.5. The molecule has 11 aromatic rings. The number of para-hydroxylation sites is 1. The van der Waals surface area contributed by atoms with Crippen LogP contribution in [0.5, 0.6) is 11.5 Å². The molecule has 21 rings (SSSR count). The molecule has 10 atom stereocenters. The van der Waals surface area contributed by atoms with Gasteiger partial charge in [0, 0.05) is 164 Å². The van der Waals surface area contributed by atoms with Crippen molar-refractivity contribution in [2.45, 2.75) is 175 Å². The van der Waals surface area contributed by atoms with E-state index in [1.54, 1.807) is 14.2 Å². The first-order valence-corrected chi connectivity index (χ1v) is 41.1. The minimum atomic E-state index is -0.0417. The van der Waals surface area contributed by atoms with Gasteiger partial charge in [0.25, 0.3) is 35.1 Å². The van der Waals surface area contributed by atoms with E-state index in [0.717, 1.165) is 160 Å². The minimum Gasteiger partial charge on any atom is -0.497 e. The fraction of sp³-hybridized carbons (Fsp3) is 0.357. The molecule has 5 saturated heterocycles. The summed E-state index contributed by atoms with van der Waals surface area (Å²) in [6.45, 7) is 15.4. The zero-order valence-corrected chi connectivity index (χ0v) is 67.0. The van der Waals surface area contributed by atoms with Crippen molar-refractivity contribution in [3.05, 3.63) is 325 Å². The first kappa shape index (κ1) is 76.1. The number of nitrogens with zero attached hydrogens (tertiary/aromatic N) is 6. The normalized spacial score (nSPS) is 25.6. The van der Waals surface area contributed by atoms with Crippen molar-refractivity contribution in [1.82, 2.24) is 44.7 Å². The molecular weight excluding hydrogens is 1430 g/mol. The van der Waals surface area contributed by atoms with Gasteiger partial charge in [-0.3, -0.25) is 38.8 Å². The number of piperidine rings is 3. The lowest BCUT2D eigenvalue weighted by molar-refractivity contribution is 0.0475. The van der Waals surface area contributed by atoms with Crippen LogP contribution in [0.15, 0.2) is 235 Å². The van der Waals surface area contributed by atoms with Gasteiger partial charge in [-0.1, -0.05) is 162 Å². The highest BCUT2D eigenvalue weighted by Crippen LogP contribution is 2.51. The number of hydrogen-bond donors (Lipinski definition) is 3. The molecule has 0 spiro atoms. The summed E-state index contributed by atoms with van der Waals surface area (Å²) in [6, 6.07) is 74.7. The lowest BCUT2D eigenvalue weighted by Gasteiger charge is -2.49. The number of carbonyl (C=O) groups is 5. The number of amides is 5. The van der Waals surface area contributed by atoms with E-state index in [0.29, 0.717) is 24.5 Å². The van der Waals surface area contributed by atoms with Crippen LogP contribution in [-0.2, 0) is 59.2 Å². The number of methoxy groups -OCH3 is 2. The number of H-pyrrole nitrogens is 3. The van der Waals surface area contributed by atoms with Gasteiger partial charge in [0.1, 0.15) is 11.5 Å². The number of aromatic nitrogens is 4. The molecule has 5 amide bonds. The Morgan fingerprint density at radius 1 is 0.374 bits per heavy atom. The van der Waals surface area contributed by atoms with E-state index in [1.807, 2.05) is 181 Å². The fourth-order valence-electron chi connectivity index (χ4n) is 21.5. The van der Waals surface area contributed by atoms with Gasteiger partial charge >= 0.3 is 0 Å². The average molecular weight is 1530 g/mol. The number of benzene rings is 8. The highest BCUT2D eigenvalue weighted by Gasteiger charge is 2.52. The summed E-state index contributed by atoms with van der Waals surface area (Å²) in [7, 11) is 3.41. The Balaban J connectivity index is 0.000000104. The van der Waals surface area contributed by atoms with Crippen LogP contribution in [0.2, 0.25) is 0 Å². The van der Waals surface area contributed by atoms with Crippen LogP contribution in [0, 0.1) is 0 Å². The van der Waals surface area contributed by atoms with E-state index in [2.05, 4.69) is 129 Å². The van der Waals surface area contributed by atoms with E-state index < -0.39 is 0 Å². The maximum Gasteiger partial charge on any atom is 0.267 e. The third kappa shape index (κ3) is 14.3. The number of rotatable bonds is 7. The zero-order chi connectivity index (χ0) is 79.5.